The number of aliphatic hydroxyl groups is 1. The Hall–Kier alpha value is -2.54. The molecule has 7 heteroatoms. The molecule has 0 fully saturated rings. The number of carbonyl (C=O) groups is 1. The summed E-state index contributed by atoms with van der Waals surface area (Å²) in [4.78, 5) is 12.0. The number of halogens is 3. The third-order valence-corrected chi connectivity index (χ3v) is 3.14. The first-order valence-corrected chi connectivity index (χ1v) is 7.16. The van der Waals surface area contributed by atoms with Crippen LogP contribution >= 0.6 is 0 Å². The molecule has 1 amide bonds. The van der Waals surface area contributed by atoms with Crippen LogP contribution in [0.5, 0.6) is 11.5 Å². The molecular formula is C17H16F3NO3. The number of alkyl halides is 3. The van der Waals surface area contributed by atoms with E-state index in [1.807, 2.05) is 0 Å². The maximum absolute atomic E-state index is 12.7. The topological polar surface area (TPSA) is 58.6 Å². The van der Waals surface area contributed by atoms with Gasteiger partial charge in [-0.25, -0.2) is 0 Å². The summed E-state index contributed by atoms with van der Waals surface area (Å²) in [6.07, 6.45) is -4.46. The van der Waals surface area contributed by atoms with Gasteiger partial charge in [0.2, 0.25) is 0 Å². The first kappa shape index (κ1) is 17.8. The van der Waals surface area contributed by atoms with Gasteiger partial charge in [-0.1, -0.05) is 12.1 Å². The van der Waals surface area contributed by atoms with Gasteiger partial charge in [-0.3, -0.25) is 4.79 Å². The quantitative estimate of drug-likeness (QED) is 0.875. The van der Waals surface area contributed by atoms with Crippen molar-refractivity contribution in [2.24, 2.45) is 0 Å². The number of carbonyl (C=O) groups excluding carboxylic acids is 1. The summed E-state index contributed by atoms with van der Waals surface area (Å²) in [6.45, 7) is 1.44. The van der Waals surface area contributed by atoms with Crippen LogP contribution in [0.15, 0.2) is 48.5 Å². The van der Waals surface area contributed by atoms with Gasteiger partial charge in [0, 0.05) is 11.6 Å². The lowest BCUT2D eigenvalue weighted by Crippen LogP contribution is -2.34. The molecule has 0 spiro atoms. The van der Waals surface area contributed by atoms with E-state index in [1.165, 1.54) is 24.3 Å². The predicted molar refractivity (Wildman–Crippen MR) is 82.0 cm³/mol. The minimum Gasteiger partial charge on any atom is -0.457 e. The third kappa shape index (κ3) is 4.73. The molecular weight excluding hydrogens is 323 g/mol. The van der Waals surface area contributed by atoms with Gasteiger partial charge in [0.05, 0.1) is 12.2 Å². The van der Waals surface area contributed by atoms with Gasteiger partial charge in [-0.05, 0) is 43.3 Å². The van der Waals surface area contributed by atoms with Gasteiger partial charge in [0.15, 0.2) is 0 Å². The van der Waals surface area contributed by atoms with E-state index in [2.05, 4.69) is 5.32 Å². The zero-order valence-electron chi connectivity index (χ0n) is 12.8. The fourth-order valence-electron chi connectivity index (χ4n) is 1.93. The van der Waals surface area contributed by atoms with E-state index in [4.69, 9.17) is 9.84 Å². The molecule has 2 rings (SSSR count). The van der Waals surface area contributed by atoms with Crippen molar-refractivity contribution in [3.63, 3.8) is 0 Å². The van der Waals surface area contributed by atoms with Crippen LogP contribution in [0.2, 0.25) is 0 Å². The Balaban J connectivity index is 2.17. The van der Waals surface area contributed by atoms with Crippen molar-refractivity contribution in [1.82, 2.24) is 5.32 Å². The van der Waals surface area contributed by atoms with Gasteiger partial charge in [0.1, 0.15) is 11.5 Å². The Morgan fingerprint density at radius 3 is 2.42 bits per heavy atom. The molecule has 2 aromatic rings. The van der Waals surface area contributed by atoms with Crippen molar-refractivity contribution in [1.29, 1.82) is 0 Å². The normalized spacial score (nSPS) is 12.5. The molecule has 1 unspecified atom stereocenters. The summed E-state index contributed by atoms with van der Waals surface area (Å²) < 4.78 is 43.5. The van der Waals surface area contributed by atoms with Crippen molar-refractivity contribution in [3.05, 3.63) is 59.7 Å². The maximum Gasteiger partial charge on any atom is 0.416 e. The Morgan fingerprint density at radius 2 is 1.79 bits per heavy atom. The molecule has 0 bridgehead atoms. The van der Waals surface area contributed by atoms with Gasteiger partial charge in [0.25, 0.3) is 5.91 Å². The summed E-state index contributed by atoms with van der Waals surface area (Å²) in [5, 5.41) is 11.5. The molecule has 0 aliphatic heterocycles. The largest absolute Gasteiger partial charge is 0.457 e. The van der Waals surface area contributed by atoms with Crippen molar-refractivity contribution in [3.8, 4) is 11.5 Å². The van der Waals surface area contributed by atoms with E-state index in [1.54, 1.807) is 19.1 Å². The summed E-state index contributed by atoms with van der Waals surface area (Å²) >= 11 is 0. The molecule has 0 aliphatic carbocycles. The summed E-state index contributed by atoms with van der Waals surface area (Å²) in [7, 11) is 0. The van der Waals surface area contributed by atoms with Gasteiger partial charge in [-0.2, -0.15) is 13.2 Å². The summed E-state index contributed by atoms with van der Waals surface area (Å²) in [5.41, 5.74) is -0.537. The van der Waals surface area contributed by atoms with Crippen LogP contribution in [0, 0.1) is 0 Å². The molecule has 0 aromatic heterocycles. The van der Waals surface area contributed by atoms with Crippen LogP contribution in [-0.2, 0) is 6.18 Å². The van der Waals surface area contributed by atoms with Crippen LogP contribution < -0.4 is 10.1 Å². The first-order valence-electron chi connectivity index (χ1n) is 7.16. The molecule has 2 N–H and O–H groups in total. The van der Waals surface area contributed by atoms with Gasteiger partial charge >= 0.3 is 6.18 Å². The standard InChI is InChI=1S/C17H16F3NO3/c1-11(10-22)21-16(23)12-4-2-6-14(8-12)24-15-7-3-5-13(9-15)17(18,19)20/h2-9,11,22H,10H2,1H3,(H,21,23). The molecule has 1 atom stereocenters. The Labute approximate surface area is 136 Å². The van der Waals surface area contributed by atoms with Crippen LogP contribution in [0.4, 0.5) is 13.2 Å². The SMILES string of the molecule is CC(CO)NC(=O)c1cccc(Oc2cccc(C(F)(F)F)c2)c1. The van der Waals surface area contributed by atoms with E-state index < -0.39 is 23.7 Å². The second-order valence-corrected chi connectivity index (χ2v) is 5.21. The molecule has 0 heterocycles. The monoisotopic (exact) mass is 339 g/mol. The van der Waals surface area contributed by atoms with E-state index in [-0.39, 0.29) is 23.7 Å². The van der Waals surface area contributed by atoms with E-state index in [0.717, 1.165) is 12.1 Å². The molecule has 24 heavy (non-hydrogen) atoms. The van der Waals surface area contributed by atoms with Crippen molar-refractivity contribution in [2.45, 2.75) is 19.1 Å². The van der Waals surface area contributed by atoms with Crippen LogP contribution in [0.3, 0.4) is 0 Å². The highest BCUT2D eigenvalue weighted by Gasteiger charge is 2.30. The fourth-order valence-corrected chi connectivity index (χ4v) is 1.93. The van der Waals surface area contributed by atoms with E-state index in [0.29, 0.717) is 0 Å². The molecule has 0 aliphatic rings. The highest BCUT2D eigenvalue weighted by molar-refractivity contribution is 5.94. The zero-order chi connectivity index (χ0) is 17.7. The molecule has 0 radical (unpaired) electrons. The Kier molecular flexibility index (Phi) is 5.46. The molecule has 4 nitrogen and oxygen atoms in total. The Morgan fingerprint density at radius 1 is 1.17 bits per heavy atom. The minimum atomic E-state index is -4.46. The average molecular weight is 339 g/mol. The number of rotatable bonds is 5. The first-order chi connectivity index (χ1) is 11.3. The zero-order valence-corrected chi connectivity index (χ0v) is 12.8. The van der Waals surface area contributed by atoms with Crippen LogP contribution in [-0.4, -0.2) is 23.7 Å². The average Bonchev–Trinajstić information content (AvgIpc) is 2.54. The highest BCUT2D eigenvalue weighted by atomic mass is 19.4. The smallest absolute Gasteiger partial charge is 0.416 e. The minimum absolute atomic E-state index is 0.0195. The van der Waals surface area contributed by atoms with Crippen LogP contribution in [0.25, 0.3) is 0 Å². The summed E-state index contributed by atoms with van der Waals surface area (Å²) in [6, 6.07) is 10.1. The molecule has 0 saturated carbocycles. The Bertz CT molecular complexity index is 716. The number of nitrogens with one attached hydrogen (secondary N) is 1. The fraction of sp³-hybridized carbons (Fsp3) is 0.235. The lowest BCUT2D eigenvalue weighted by molar-refractivity contribution is -0.137. The van der Waals surface area contributed by atoms with Crippen LogP contribution in [0.1, 0.15) is 22.8 Å². The number of amides is 1. The lowest BCUT2D eigenvalue weighted by atomic mass is 10.2. The maximum atomic E-state index is 12.7. The highest BCUT2D eigenvalue weighted by Crippen LogP contribution is 2.32. The second kappa shape index (κ2) is 7.35. The lowest BCUT2D eigenvalue weighted by Gasteiger charge is -2.12. The number of hydrogen-bond donors (Lipinski definition) is 2. The molecule has 128 valence electrons. The van der Waals surface area contributed by atoms with Crippen molar-refractivity contribution in [2.75, 3.05) is 6.61 Å². The van der Waals surface area contributed by atoms with E-state index in [9.17, 15) is 18.0 Å². The van der Waals surface area contributed by atoms with Gasteiger partial charge in [-0.15, -0.1) is 0 Å². The van der Waals surface area contributed by atoms with Crippen molar-refractivity contribution >= 4 is 5.91 Å². The molecule has 0 saturated heterocycles. The third-order valence-electron chi connectivity index (χ3n) is 3.14. The van der Waals surface area contributed by atoms with Gasteiger partial charge < -0.3 is 15.2 Å². The number of hydrogen-bond acceptors (Lipinski definition) is 3. The van der Waals surface area contributed by atoms with E-state index >= 15 is 0 Å². The summed E-state index contributed by atoms with van der Waals surface area (Å²) in [5.74, 6) is -0.157. The number of ether oxygens (including phenoxy) is 1. The number of benzene rings is 2. The second-order valence-electron chi connectivity index (χ2n) is 5.21. The van der Waals surface area contributed by atoms with Crippen molar-refractivity contribution < 1.29 is 27.8 Å². The molecule has 2 aromatic carbocycles. The number of aliphatic hydroxyl groups excluding tert-OH is 1. The predicted octanol–water partition coefficient (Wildman–Crippen LogP) is 3.61.